The number of fused-ring (bicyclic) bond motifs is 1. The monoisotopic (exact) mass is 431 g/mol. The predicted octanol–water partition coefficient (Wildman–Crippen LogP) is 6.08. The van der Waals surface area contributed by atoms with Crippen LogP contribution in [0.4, 0.5) is 0 Å². The molecule has 0 amide bonds. The Bertz CT molecular complexity index is 1120. The van der Waals surface area contributed by atoms with Gasteiger partial charge < -0.3 is 9.47 Å². The molecular formula is C24H18BrNO2. The van der Waals surface area contributed by atoms with Gasteiger partial charge >= 0.3 is 0 Å². The van der Waals surface area contributed by atoms with Crippen LogP contribution in [0.2, 0.25) is 0 Å². The van der Waals surface area contributed by atoms with Crippen LogP contribution >= 0.6 is 15.9 Å². The highest BCUT2D eigenvalue weighted by Crippen LogP contribution is 2.36. The van der Waals surface area contributed by atoms with Crippen LogP contribution in [0.1, 0.15) is 18.1 Å². The summed E-state index contributed by atoms with van der Waals surface area (Å²) in [6, 6.07) is 20.0. The van der Waals surface area contributed by atoms with Crippen molar-refractivity contribution in [2.45, 2.75) is 6.92 Å². The molecule has 0 fully saturated rings. The Labute approximate surface area is 173 Å². The molecule has 3 rings (SSSR count). The van der Waals surface area contributed by atoms with E-state index in [-0.39, 0.29) is 6.61 Å². The Morgan fingerprint density at radius 3 is 2.54 bits per heavy atom. The number of ether oxygens (including phenoxy) is 2. The Kier molecular flexibility index (Phi) is 6.37. The first-order chi connectivity index (χ1) is 13.7. The van der Waals surface area contributed by atoms with Gasteiger partial charge in [0.2, 0.25) is 0 Å². The minimum atomic E-state index is 0.155. The topological polar surface area (TPSA) is 42.2 Å². The van der Waals surface area contributed by atoms with Gasteiger partial charge in [0.05, 0.1) is 18.2 Å². The summed E-state index contributed by atoms with van der Waals surface area (Å²) < 4.78 is 12.0. The third kappa shape index (κ3) is 4.36. The molecule has 3 aromatic carbocycles. The zero-order chi connectivity index (χ0) is 19.9. The Morgan fingerprint density at radius 2 is 1.82 bits per heavy atom. The molecule has 28 heavy (non-hydrogen) atoms. The van der Waals surface area contributed by atoms with Crippen LogP contribution in [0, 0.1) is 23.7 Å². The van der Waals surface area contributed by atoms with E-state index in [1.54, 1.807) is 0 Å². The van der Waals surface area contributed by atoms with Gasteiger partial charge in [0.25, 0.3) is 0 Å². The lowest BCUT2D eigenvalue weighted by Gasteiger charge is -2.13. The van der Waals surface area contributed by atoms with E-state index in [9.17, 15) is 5.26 Å². The summed E-state index contributed by atoms with van der Waals surface area (Å²) in [5.41, 5.74) is 2.24. The summed E-state index contributed by atoms with van der Waals surface area (Å²) in [4.78, 5) is 0. The molecule has 0 atom stereocenters. The average molecular weight is 432 g/mol. The largest absolute Gasteiger partial charge is 0.490 e. The number of benzene rings is 3. The van der Waals surface area contributed by atoms with E-state index in [4.69, 9.17) is 15.9 Å². The molecule has 0 heterocycles. The Hall–Kier alpha value is -3.21. The zero-order valence-corrected chi connectivity index (χ0v) is 17.0. The molecule has 0 bridgehead atoms. The predicted molar refractivity (Wildman–Crippen MR) is 117 cm³/mol. The lowest BCUT2D eigenvalue weighted by Crippen LogP contribution is -2.00. The molecule has 0 unspecified atom stereocenters. The van der Waals surface area contributed by atoms with Crippen molar-refractivity contribution >= 4 is 38.4 Å². The van der Waals surface area contributed by atoms with Crippen molar-refractivity contribution in [1.82, 2.24) is 0 Å². The van der Waals surface area contributed by atoms with E-state index in [0.717, 1.165) is 26.4 Å². The van der Waals surface area contributed by atoms with Gasteiger partial charge in [-0.1, -0.05) is 58.2 Å². The second-order valence-corrected chi connectivity index (χ2v) is 6.83. The fourth-order valence-corrected chi connectivity index (χ4v) is 3.29. The fourth-order valence-electron chi connectivity index (χ4n) is 2.85. The van der Waals surface area contributed by atoms with Gasteiger partial charge in [0, 0.05) is 4.47 Å². The molecule has 4 heteroatoms. The highest BCUT2D eigenvalue weighted by Gasteiger charge is 2.11. The van der Waals surface area contributed by atoms with Crippen LogP contribution in [0.5, 0.6) is 11.5 Å². The highest BCUT2D eigenvalue weighted by atomic mass is 79.9. The standard InChI is InChI=1S/C24H18BrNO2/c1-3-11-28-24-15-22(25)20(14-23(24)27-4-2)13-21(16-26)19-10-9-17-7-5-6-8-18(17)12-19/h1,5-10,12-15H,4,11H2,2H3. The minimum absolute atomic E-state index is 0.155. The summed E-state index contributed by atoms with van der Waals surface area (Å²) in [6.45, 7) is 2.55. The number of rotatable bonds is 6. The highest BCUT2D eigenvalue weighted by molar-refractivity contribution is 9.10. The second kappa shape index (κ2) is 9.13. The van der Waals surface area contributed by atoms with Gasteiger partial charge in [-0.25, -0.2) is 0 Å². The molecule has 0 saturated carbocycles. The first kappa shape index (κ1) is 19.5. The minimum Gasteiger partial charge on any atom is -0.490 e. The number of nitriles is 1. The van der Waals surface area contributed by atoms with Crippen LogP contribution in [-0.2, 0) is 0 Å². The summed E-state index contributed by atoms with van der Waals surface area (Å²) in [5.74, 6) is 3.60. The molecule has 3 nitrogen and oxygen atoms in total. The molecule has 0 aliphatic rings. The first-order valence-electron chi connectivity index (χ1n) is 8.79. The maximum absolute atomic E-state index is 9.74. The van der Waals surface area contributed by atoms with Crippen LogP contribution in [0.25, 0.3) is 22.4 Å². The van der Waals surface area contributed by atoms with Crippen molar-refractivity contribution in [3.8, 4) is 29.9 Å². The van der Waals surface area contributed by atoms with E-state index >= 15 is 0 Å². The van der Waals surface area contributed by atoms with E-state index in [1.807, 2.05) is 61.5 Å². The molecule has 0 radical (unpaired) electrons. The van der Waals surface area contributed by atoms with Crippen molar-refractivity contribution in [3.63, 3.8) is 0 Å². The Morgan fingerprint density at radius 1 is 1.07 bits per heavy atom. The SMILES string of the molecule is C#CCOc1cc(Br)c(C=C(C#N)c2ccc3ccccc3c2)cc1OCC. The van der Waals surface area contributed by atoms with E-state index in [1.165, 1.54) is 0 Å². The third-order valence-electron chi connectivity index (χ3n) is 4.15. The first-order valence-corrected chi connectivity index (χ1v) is 9.59. The van der Waals surface area contributed by atoms with Gasteiger partial charge in [0.1, 0.15) is 6.61 Å². The molecule has 0 aliphatic heterocycles. The molecule has 0 saturated heterocycles. The number of halogens is 1. The van der Waals surface area contributed by atoms with Crippen molar-refractivity contribution in [2.75, 3.05) is 13.2 Å². The van der Waals surface area contributed by atoms with Crippen LogP contribution in [0.3, 0.4) is 0 Å². The lowest BCUT2D eigenvalue weighted by atomic mass is 10.00. The average Bonchev–Trinajstić information content (AvgIpc) is 2.72. The second-order valence-electron chi connectivity index (χ2n) is 5.98. The van der Waals surface area contributed by atoms with E-state index in [0.29, 0.717) is 23.7 Å². The number of nitrogens with zero attached hydrogens (tertiary/aromatic N) is 1. The maximum Gasteiger partial charge on any atom is 0.163 e. The van der Waals surface area contributed by atoms with Gasteiger partial charge in [-0.05, 0) is 53.1 Å². The van der Waals surface area contributed by atoms with Crippen molar-refractivity contribution in [1.29, 1.82) is 5.26 Å². The summed E-state index contributed by atoms with van der Waals surface area (Å²) in [7, 11) is 0. The van der Waals surface area contributed by atoms with Gasteiger partial charge in [0.15, 0.2) is 11.5 Å². The zero-order valence-electron chi connectivity index (χ0n) is 15.4. The van der Waals surface area contributed by atoms with Crippen LogP contribution < -0.4 is 9.47 Å². The van der Waals surface area contributed by atoms with E-state index in [2.05, 4.69) is 34.0 Å². The summed E-state index contributed by atoms with van der Waals surface area (Å²) >= 11 is 3.55. The summed E-state index contributed by atoms with van der Waals surface area (Å²) in [6.07, 6.45) is 7.12. The van der Waals surface area contributed by atoms with Crippen molar-refractivity contribution < 1.29 is 9.47 Å². The summed E-state index contributed by atoms with van der Waals surface area (Å²) in [5, 5.41) is 12.0. The third-order valence-corrected chi connectivity index (χ3v) is 4.84. The van der Waals surface area contributed by atoms with Crippen LogP contribution in [-0.4, -0.2) is 13.2 Å². The number of hydrogen-bond donors (Lipinski definition) is 0. The molecule has 0 aliphatic carbocycles. The molecule has 3 aromatic rings. The van der Waals surface area contributed by atoms with E-state index < -0.39 is 0 Å². The number of allylic oxidation sites excluding steroid dienone is 1. The number of terminal acetylenes is 1. The lowest BCUT2D eigenvalue weighted by molar-refractivity contribution is 0.299. The van der Waals surface area contributed by atoms with Gasteiger partial charge in [-0.2, -0.15) is 5.26 Å². The van der Waals surface area contributed by atoms with Crippen molar-refractivity contribution in [3.05, 3.63) is 70.2 Å². The van der Waals surface area contributed by atoms with Crippen molar-refractivity contribution in [2.24, 2.45) is 0 Å². The molecule has 0 spiro atoms. The van der Waals surface area contributed by atoms with Gasteiger partial charge in [-0.3, -0.25) is 0 Å². The number of hydrogen-bond acceptors (Lipinski definition) is 3. The smallest absolute Gasteiger partial charge is 0.163 e. The molecule has 0 N–H and O–H groups in total. The molecular weight excluding hydrogens is 414 g/mol. The quantitative estimate of drug-likeness (QED) is 0.270. The maximum atomic E-state index is 9.74. The molecule has 0 aromatic heterocycles. The fraction of sp³-hybridized carbons (Fsp3) is 0.125. The van der Waals surface area contributed by atoms with Crippen LogP contribution in [0.15, 0.2) is 59.1 Å². The Balaban J connectivity index is 2.04. The van der Waals surface area contributed by atoms with Gasteiger partial charge in [-0.15, -0.1) is 6.42 Å². The normalized spacial score (nSPS) is 10.9. The molecule has 138 valence electrons.